The van der Waals surface area contributed by atoms with E-state index in [9.17, 15) is 0 Å². The van der Waals surface area contributed by atoms with Crippen LogP contribution in [0.1, 0.15) is 13.8 Å². The zero-order valence-electron chi connectivity index (χ0n) is 9.39. The predicted octanol–water partition coefficient (Wildman–Crippen LogP) is 4.36. The van der Waals surface area contributed by atoms with Crippen LogP contribution in [-0.2, 0) is 11.8 Å². The molecule has 0 unspecified atom stereocenters. The molecule has 16 heavy (non-hydrogen) atoms. The SMILES string of the molecule is COc1ccc(P2(=S)SC(C)=C(C)S2)cc1. The van der Waals surface area contributed by atoms with Crippen molar-refractivity contribution in [1.29, 1.82) is 0 Å². The molecule has 0 atom stereocenters. The summed E-state index contributed by atoms with van der Waals surface area (Å²) in [7, 11) is 1.68. The molecule has 86 valence electrons. The van der Waals surface area contributed by atoms with Crippen molar-refractivity contribution in [2.75, 3.05) is 7.11 Å². The third-order valence-corrected chi connectivity index (χ3v) is 12.8. The number of allylic oxidation sites excluding steroid dienone is 2. The highest BCUT2D eigenvalue weighted by atomic mass is 33.2. The van der Waals surface area contributed by atoms with Gasteiger partial charge in [-0.3, -0.25) is 0 Å². The highest BCUT2D eigenvalue weighted by Gasteiger charge is 2.29. The van der Waals surface area contributed by atoms with Gasteiger partial charge in [-0.05, 0) is 47.9 Å². The minimum absolute atomic E-state index is 0.890. The Morgan fingerprint density at radius 2 is 1.56 bits per heavy atom. The molecule has 0 N–H and O–H groups in total. The lowest BCUT2D eigenvalue weighted by Gasteiger charge is -2.14. The van der Waals surface area contributed by atoms with Gasteiger partial charge in [0, 0.05) is 5.30 Å². The number of ether oxygens (including phenoxy) is 1. The number of methoxy groups -OCH3 is 1. The second kappa shape index (κ2) is 4.77. The zero-order chi connectivity index (χ0) is 11.8. The monoisotopic (exact) mass is 288 g/mol. The van der Waals surface area contributed by atoms with Crippen LogP contribution in [0.3, 0.4) is 0 Å². The van der Waals surface area contributed by atoms with Crippen molar-refractivity contribution >= 4 is 44.3 Å². The van der Waals surface area contributed by atoms with Gasteiger partial charge in [0.05, 0.1) is 11.6 Å². The average Bonchev–Trinajstić information content (AvgIpc) is 2.54. The molecule has 0 radical (unpaired) electrons. The molecule has 1 aliphatic heterocycles. The fraction of sp³-hybridized carbons (Fsp3) is 0.273. The Morgan fingerprint density at radius 1 is 1.06 bits per heavy atom. The first-order valence-corrected chi connectivity index (χ1v) is 10.5. The minimum Gasteiger partial charge on any atom is -0.497 e. The van der Waals surface area contributed by atoms with E-state index in [1.54, 1.807) is 7.11 Å². The second-order valence-electron chi connectivity index (χ2n) is 3.49. The van der Waals surface area contributed by atoms with Crippen molar-refractivity contribution in [2.45, 2.75) is 13.8 Å². The van der Waals surface area contributed by atoms with Gasteiger partial charge in [0.1, 0.15) is 5.75 Å². The molecule has 1 nitrogen and oxygen atoms in total. The number of hydrogen-bond donors (Lipinski definition) is 0. The van der Waals surface area contributed by atoms with Crippen LogP contribution in [0, 0.1) is 0 Å². The molecule has 5 heteroatoms. The van der Waals surface area contributed by atoms with Crippen molar-refractivity contribution in [3.05, 3.63) is 34.1 Å². The Bertz CT molecular complexity index is 461. The van der Waals surface area contributed by atoms with E-state index in [1.807, 2.05) is 34.9 Å². The minimum atomic E-state index is -1.53. The standard InChI is InChI=1S/C11H13OPS3/c1-8-9(2)16-13(14,15-8)11-6-4-10(12-3)5-7-11/h4-7H,1-3H3. The molecule has 0 aliphatic carbocycles. The van der Waals surface area contributed by atoms with Gasteiger partial charge in [0.15, 0.2) is 0 Å². The summed E-state index contributed by atoms with van der Waals surface area (Å²) in [6, 6.07) is 8.19. The molecular weight excluding hydrogens is 275 g/mol. The van der Waals surface area contributed by atoms with E-state index in [2.05, 4.69) is 26.0 Å². The molecule has 0 amide bonds. The molecule has 0 saturated heterocycles. The number of rotatable bonds is 2. The van der Waals surface area contributed by atoms with E-state index in [0.717, 1.165) is 5.75 Å². The van der Waals surface area contributed by atoms with Gasteiger partial charge in [-0.2, -0.15) is 0 Å². The summed E-state index contributed by atoms with van der Waals surface area (Å²) in [5, 5.41) is 1.27. The van der Waals surface area contributed by atoms with Gasteiger partial charge in [-0.1, -0.05) is 34.6 Å². The van der Waals surface area contributed by atoms with E-state index in [1.165, 1.54) is 15.1 Å². The summed E-state index contributed by atoms with van der Waals surface area (Å²) in [5.41, 5.74) is 0. The Hall–Kier alpha value is 0.110. The largest absolute Gasteiger partial charge is 0.497 e. The number of benzene rings is 1. The van der Waals surface area contributed by atoms with Crippen molar-refractivity contribution < 1.29 is 4.74 Å². The van der Waals surface area contributed by atoms with Crippen LogP contribution >= 0.6 is 27.2 Å². The molecule has 0 fully saturated rings. The summed E-state index contributed by atoms with van der Waals surface area (Å²) < 4.78 is 3.63. The molecule has 2 rings (SSSR count). The Labute approximate surface area is 110 Å². The van der Waals surface area contributed by atoms with Gasteiger partial charge in [0.25, 0.3) is 0 Å². The van der Waals surface area contributed by atoms with Crippen LogP contribution in [0.25, 0.3) is 0 Å². The van der Waals surface area contributed by atoms with Gasteiger partial charge < -0.3 is 4.74 Å². The number of hydrogen-bond acceptors (Lipinski definition) is 4. The maximum Gasteiger partial charge on any atom is 0.118 e. The summed E-state index contributed by atoms with van der Waals surface area (Å²) in [6.45, 7) is 4.31. The second-order valence-corrected chi connectivity index (χ2v) is 14.7. The maximum atomic E-state index is 5.82. The first kappa shape index (κ1) is 12.6. The van der Waals surface area contributed by atoms with Gasteiger partial charge in [0.2, 0.25) is 0 Å². The van der Waals surface area contributed by atoms with Gasteiger partial charge in [-0.15, -0.1) is 0 Å². The smallest absolute Gasteiger partial charge is 0.118 e. The van der Waals surface area contributed by atoms with Crippen molar-refractivity contribution in [2.24, 2.45) is 0 Å². The fourth-order valence-corrected chi connectivity index (χ4v) is 12.9. The van der Waals surface area contributed by atoms with Crippen LogP contribution in [0.4, 0.5) is 0 Å². The van der Waals surface area contributed by atoms with Crippen molar-refractivity contribution in [3.63, 3.8) is 0 Å². The molecule has 1 heterocycles. The molecule has 1 aromatic carbocycles. The van der Waals surface area contributed by atoms with Gasteiger partial charge in [-0.25, -0.2) is 0 Å². The van der Waals surface area contributed by atoms with Crippen LogP contribution in [0.2, 0.25) is 0 Å². The first-order chi connectivity index (χ1) is 7.55. The molecular formula is C11H13OPS3. The Kier molecular flexibility index (Phi) is 3.75. The molecule has 0 bridgehead atoms. The van der Waals surface area contributed by atoms with E-state index in [0.29, 0.717) is 0 Å². The normalized spacial score (nSPS) is 18.9. The molecule has 1 aromatic rings. The van der Waals surface area contributed by atoms with E-state index < -0.39 is 4.44 Å². The highest BCUT2D eigenvalue weighted by molar-refractivity contribution is 9.05. The third kappa shape index (κ3) is 2.35. The first-order valence-electron chi connectivity index (χ1n) is 4.86. The highest BCUT2D eigenvalue weighted by Crippen LogP contribution is 2.78. The lowest BCUT2D eigenvalue weighted by Crippen LogP contribution is -1.97. The van der Waals surface area contributed by atoms with Crippen LogP contribution < -0.4 is 10.0 Å². The lowest BCUT2D eigenvalue weighted by molar-refractivity contribution is 0.415. The van der Waals surface area contributed by atoms with E-state index in [-0.39, 0.29) is 0 Å². The predicted molar refractivity (Wildman–Crippen MR) is 80.5 cm³/mol. The lowest BCUT2D eigenvalue weighted by atomic mass is 10.3. The quantitative estimate of drug-likeness (QED) is 0.747. The Morgan fingerprint density at radius 3 is 2.00 bits per heavy atom. The molecule has 0 aromatic heterocycles. The summed E-state index contributed by atoms with van der Waals surface area (Å²) in [6.07, 6.45) is 0. The third-order valence-electron chi connectivity index (χ3n) is 2.40. The van der Waals surface area contributed by atoms with Crippen LogP contribution in [-0.4, -0.2) is 7.11 Å². The summed E-state index contributed by atoms with van der Waals surface area (Å²) >= 11 is 9.56. The van der Waals surface area contributed by atoms with Crippen LogP contribution in [0.15, 0.2) is 34.1 Å². The van der Waals surface area contributed by atoms with Crippen molar-refractivity contribution in [3.8, 4) is 5.75 Å². The molecule has 0 saturated carbocycles. The molecule has 1 aliphatic rings. The van der Waals surface area contributed by atoms with E-state index >= 15 is 0 Å². The maximum absolute atomic E-state index is 5.82. The van der Waals surface area contributed by atoms with Crippen LogP contribution in [0.5, 0.6) is 5.75 Å². The van der Waals surface area contributed by atoms with E-state index in [4.69, 9.17) is 16.5 Å². The molecule has 0 spiro atoms. The topological polar surface area (TPSA) is 9.23 Å². The zero-order valence-corrected chi connectivity index (χ0v) is 12.7. The summed E-state index contributed by atoms with van der Waals surface area (Å²) in [4.78, 5) is 2.76. The average molecular weight is 288 g/mol. The Balaban J connectivity index is 2.29. The fourth-order valence-electron chi connectivity index (χ4n) is 1.38. The van der Waals surface area contributed by atoms with Crippen molar-refractivity contribution in [1.82, 2.24) is 0 Å². The van der Waals surface area contributed by atoms with Gasteiger partial charge >= 0.3 is 0 Å². The summed E-state index contributed by atoms with van der Waals surface area (Å²) in [5.74, 6) is 0.890.